The van der Waals surface area contributed by atoms with Crippen molar-refractivity contribution in [2.24, 2.45) is 10.7 Å². The molecule has 2 N–H and O–H groups in total. The molecule has 5 nitrogen and oxygen atoms in total. The lowest BCUT2D eigenvalue weighted by Gasteiger charge is -2.06. The van der Waals surface area contributed by atoms with E-state index >= 15 is 0 Å². The molecule has 0 bridgehead atoms. The van der Waals surface area contributed by atoms with Gasteiger partial charge in [-0.1, -0.05) is 12.1 Å². The fraction of sp³-hybridized carbons (Fsp3) is 0.235. The number of aryl methyl sites for hydroxylation is 1. The summed E-state index contributed by atoms with van der Waals surface area (Å²) in [5, 5.41) is 0. The zero-order valence-electron chi connectivity index (χ0n) is 13.3. The molecule has 22 heavy (non-hydrogen) atoms. The summed E-state index contributed by atoms with van der Waals surface area (Å²) in [6.07, 6.45) is 5.34. The summed E-state index contributed by atoms with van der Waals surface area (Å²) in [4.78, 5) is 20.1. The van der Waals surface area contributed by atoms with E-state index in [1.807, 2.05) is 49.6 Å². The van der Waals surface area contributed by atoms with Crippen LogP contribution in [0.25, 0.3) is 5.69 Å². The van der Waals surface area contributed by atoms with E-state index in [4.69, 9.17) is 5.73 Å². The number of hydrogen-bond acceptors (Lipinski definition) is 3. The molecule has 0 saturated carbocycles. The average molecular weight is 296 g/mol. The molecule has 0 fully saturated rings. The van der Waals surface area contributed by atoms with Crippen LogP contribution in [0.5, 0.6) is 0 Å². The highest BCUT2D eigenvalue weighted by molar-refractivity contribution is 5.97. The van der Waals surface area contributed by atoms with E-state index < -0.39 is 0 Å². The molecule has 114 valence electrons. The normalized spacial score (nSPS) is 12.5. The second-order valence-electron chi connectivity index (χ2n) is 5.16. The molecule has 0 amide bonds. The van der Waals surface area contributed by atoms with Gasteiger partial charge in [-0.25, -0.2) is 9.98 Å². The third-order valence-electron chi connectivity index (χ3n) is 3.54. The number of carbonyl (C=O) groups is 1. The van der Waals surface area contributed by atoms with Crippen LogP contribution in [0.3, 0.4) is 0 Å². The van der Waals surface area contributed by atoms with E-state index in [2.05, 4.69) is 9.98 Å². The van der Waals surface area contributed by atoms with Gasteiger partial charge in [-0.05, 0) is 51.0 Å². The number of imidazole rings is 1. The maximum Gasteiger partial charge on any atom is 0.172 e. The minimum Gasteiger partial charge on any atom is -0.383 e. The number of benzene rings is 1. The van der Waals surface area contributed by atoms with E-state index in [0.717, 1.165) is 16.8 Å². The van der Waals surface area contributed by atoms with Gasteiger partial charge in [-0.2, -0.15) is 0 Å². The van der Waals surface area contributed by atoms with Gasteiger partial charge in [0.15, 0.2) is 11.6 Å². The van der Waals surface area contributed by atoms with Crippen LogP contribution in [0.4, 0.5) is 5.82 Å². The molecule has 2 aromatic rings. The van der Waals surface area contributed by atoms with E-state index in [1.54, 1.807) is 19.4 Å². The zero-order chi connectivity index (χ0) is 16.3. The van der Waals surface area contributed by atoms with Gasteiger partial charge in [-0.15, -0.1) is 0 Å². The van der Waals surface area contributed by atoms with Crippen LogP contribution in [0, 0.1) is 6.92 Å². The Morgan fingerprint density at radius 3 is 2.73 bits per heavy atom. The highest BCUT2D eigenvalue weighted by Crippen LogP contribution is 2.18. The van der Waals surface area contributed by atoms with Gasteiger partial charge in [-0.3, -0.25) is 4.79 Å². The first-order valence-corrected chi connectivity index (χ1v) is 7.05. The number of nitrogens with two attached hydrogens (primary N) is 1. The molecule has 1 aromatic carbocycles. The van der Waals surface area contributed by atoms with Gasteiger partial charge < -0.3 is 10.3 Å². The molecule has 0 aliphatic carbocycles. The van der Waals surface area contributed by atoms with E-state index in [1.165, 1.54) is 0 Å². The lowest BCUT2D eigenvalue weighted by molar-refractivity contribution is 0.101. The van der Waals surface area contributed by atoms with Crippen LogP contribution in [0.15, 0.2) is 47.4 Å². The van der Waals surface area contributed by atoms with Crippen molar-refractivity contribution in [3.63, 3.8) is 0 Å². The number of amidine groups is 1. The van der Waals surface area contributed by atoms with Crippen LogP contribution in [0.1, 0.15) is 36.7 Å². The summed E-state index contributed by atoms with van der Waals surface area (Å²) in [5.74, 6) is 1.02. The maximum absolute atomic E-state index is 11.6. The van der Waals surface area contributed by atoms with E-state index in [-0.39, 0.29) is 5.78 Å². The highest BCUT2D eigenvalue weighted by atomic mass is 16.1. The Bertz CT molecular complexity index is 769. The van der Waals surface area contributed by atoms with Crippen LogP contribution in [-0.2, 0) is 0 Å². The first-order chi connectivity index (χ1) is 10.4. The molecule has 0 spiro atoms. The predicted octanol–water partition coefficient (Wildman–Crippen LogP) is 3.34. The maximum atomic E-state index is 11.6. The molecule has 0 aliphatic rings. The second kappa shape index (κ2) is 6.39. The standard InChI is InChI=1S/C17H20N4O/c1-5-11(2)17(18)20-16-9-21(10-19-16)14-7-6-12(3)15(8-14)13(4)22/h5-10H,1-4H3,(H2,18,20)/b11-5+. The minimum absolute atomic E-state index is 0.0469. The summed E-state index contributed by atoms with van der Waals surface area (Å²) in [6.45, 7) is 7.29. The van der Waals surface area contributed by atoms with Gasteiger partial charge >= 0.3 is 0 Å². The Balaban J connectivity index is 2.37. The van der Waals surface area contributed by atoms with Crippen LogP contribution in [0.2, 0.25) is 0 Å². The summed E-state index contributed by atoms with van der Waals surface area (Å²) >= 11 is 0. The predicted molar refractivity (Wildman–Crippen MR) is 89.0 cm³/mol. The molecule has 0 unspecified atom stereocenters. The van der Waals surface area contributed by atoms with Crippen molar-refractivity contribution >= 4 is 17.4 Å². The van der Waals surface area contributed by atoms with Gasteiger partial charge in [0.25, 0.3) is 0 Å². The van der Waals surface area contributed by atoms with Crippen molar-refractivity contribution in [1.29, 1.82) is 0 Å². The first kappa shape index (κ1) is 15.7. The Morgan fingerprint density at radius 2 is 2.09 bits per heavy atom. The largest absolute Gasteiger partial charge is 0.383 e. The fourth-order valence-corrected chi connectivity index (χ4v) is 2.02. The van der Waals surface area contributed by atoms with E-state index in [9.17, 15) is 4.79 Å². The van der Waals surface area contributed by atoms with Crippen LogP contribution < -0.4 is 5.73 Å². The van der Waals surface area contributed by atoms with Gasteiger partial charge in [0, 0.05) is 11.3 Å². The van der Waals surface area contributed by atoms with Crippen LogP contribution in [-0.4, -0.2) is 21.2 Å². The zero-order valence-corrected chi connectivity index (χ0v) is 13.3. The van der Waals surface area contributed by atoms with Gasteiger partial charge in [0.1, 0.15) is 12.2 Å². The number of Topliss-reactive ketones (excluding diaryl/α,β-unsaturated/α-hetero) is 1. The lowest BCUT2D eigenvalue weighted by atomic mass is 10.0. The monoisotopic (exact) mass is 296 g/mol. The molecule has 2 rings (SSSR count). The van der Waals surface area contributed by atoms with Crippen LogP contribution >= 0.6 is 0 Å². The number of allylic oxidation sites excluding steroid dienone is 1. The van der Waals surface area contributed by atoms with Gasteiger partial charge in [0.05, 0.1) is 6.20 Å². The Labute approximate surface area is 130 Å². The van der Waals surface area contributed by atoms with Crippen molar-refractivity contribution in [1.82, 2.24) is 9.55 Å². The van der Waals surface area contributed by atoms with E-state index in [0.29, 0.717) is 17.2 Å². The van der Waals surface area contributed by atoms with Crippen molar-refractivity contribution in [2.75, 3.05) is 0 Å². The van der Waals surface area contributed by atoms with Gasteiger partial charge in [0.2, 0.25) is 0 Å². The number of hydrogen-bond donors (Lipinski definition) is 1. The number of aromatic nitrogens is 2. The molecule has 0 atom stereocenters. The first-order valence-electron chi connectivity index (χ1n) is 7.05. The smallest absolute Gasteiger partial charge is 0.172 e. The molecule has 0 radical (unpaired) electrons. The number of carbonyl (C=O) groups excluding carboxylic acids is 1. The number of ketones is 1. The molecule has 0 saturated heterocycles. The molecule has 1 aromatic heterocycles. The topological polar surface area (TPSA) is 73.3 Å². The number of aliphatic imine (C=N–C) groups is 1. The molecular weight excluding hydrogens is 276 g/mol. The molecule has 0 aliphatic heterocycles. The van der Waals surface area contributed by atoms with Crippen molar-refractivity contribution in [3.8, 4) is 5.69 Å². The Kier molecular flexibility index (Phi) is 4.56. The lowest BCUT2D eigenvalue weighted by Crippen LogP contribution is -2.12. The summed E-state index contributed by atoms with van der Waals surface area (Å²) in [7, 11) is 0. The molecule has 5 heteroatoms. The summed E-state index contributed by atoms with van der Waals surface area (Å²) in [5.41, 5.74) is 9.32. The number of nitrogens with zero attached hydrogens (tertiary/aromatic N) is 3. The van der Waals surface area contributed by atoms with Crippen molar-refractivity contribution < 1.29 is 4.79 Å². The third-order valence-corrected chi connectivity index (χ3v) is 3.54. The quantitative estimate of drug-likeness (QED) is 0.534. The fourth-order valence-electron chi connectivity index (χ4n) is 2.02. The number of rotatable bonds is 4. The SMILES string of the molecule is C/C=C(C)/C(N)=N\c1cn(-c2ccc(C)c(C(C)=O)c2)cn1. The third kappa shape index (κ3) is 3.31. The van der Waals surface area contributed by atoms with Crippen molar-refractivity contribution in [2.45, 2.75) is 27.7 Å². The van der Waals surface area contributed by atoms with Crippen molar-refractivity contribution in [3.05, 3.63) is 53.5 Å². The Hall–Kier alpha value is -2.69. The highest BCUT2D eigenvalue weighted by Gasteiger charge is 2.07. The molecular formula is C17H20N4O. The summed E-state index contributed by atoms with van der Waals surface area (Å²) < 4.78 is 1.82. The molecule has 1 heterocycles. The summed E-state index contributed by atoms with van der Waals surface area (Å²) in [6, 6.07) is 5.72. The second-order valence-corrected chi connectivity index (χ2v) is 5.16. The minimum atomic E-state index is 0.0469. The average Bonchev–Trinajstić information content (AvgIpc) is 2.94. The Morgan fingerprint density at radius 1 is 1.36 bits per heavy atom.